The van der Waals surface area contributed by atoms with Gasteiger partial charge in [-0.2, -0.15) is 0 Å². The third-order valence-corrected chi connectivity index (χ3v) is 2.02. The number of hydrogen-bond donors (Lipinski definition) is 1. The van der Waals surface area contributed by atoms with Gasteiger partial charge in [-0.05, 0) is 18.1 Å². The molecule has 1 N–H and O–H groups in total. The molecular weight excluding hydrogens is 192 g/mol. The van der Waals surface area contributed by atoms with E-state index in [0.29, 0.717) is 11.7 Å². The lowest BCUT2D eigenvalue weighted by Crippen LogP contribution is -2.23. The highest BCUT2D eigenvalue weighted by molar-refractivity contribution is 5.88. The summed E-state index contributed by atoms with van der Waals surface area (Å²) in [5.41, 5.74) is 0.274. The van der Waals surface area contributed by atoms with E-state index in [0.717, 1.165) is 6.54 Å². The summed E-state index contributed by atoms with van der Waals surface area (Å²) in [5.74, 6) is 0.297. The van der Waals surface area contributed by atoms with Crippen LogP contribution in [-0.4, -0.2) is 29.7 Å². The van der Waals surface area contributed by atoms with Gasteiger partial charge < -0.3 is 10.0 Å². The van der Waals surface area contributed by atoms with Gasteiger partial charge in [0.2, 0.25) is 0 Å². The minimum absolute atomic E-state index is 0.274. The predicted octanol–water partition coefficient (Wildman–Crippen LogP) is 1.87. The van der Waals surface area contributed by atoms with E-state index in [9.17, 15) is 4.79 Å². The van der Waals surface area contributed by atoms with Gasteiger partial charge in [0.1, 0.15) is 5.82 Å². The second-order valence-corrected chi connectivity index (χ2v) is 3.98. The minimum Gasteiger partial charge on any atom is -0.478 e. The van der Waals surface area contributed by atoms with Crippen LogP contribution in [0, 0.1) is 5.92 Å². The van der Waals surface area contributed by atoms with Crippen LogP contribution in [0.15, 0.2) is 18.3 Å². The molecule has 0 spiro atoms. The summed E-state index contributed by atoms with van der Waals surface area (Å²) in [7, 11) is 1.91. The van der Waals surface area contributed by atoms with Gasteiger partial charge in [-0.15, -0.1) is 0 Å². The molecule has 0 amide bonds. The average Bonchev–Trinajstić information content (AvgIpc) is 2.17. The van der Waals surface area contributed by atoms with Crippen LogP contribution in [0.1, 0.15) is 24.2 Å². The van der Waals surface area contributed by atoms with Gasteiger partial charge in [-0.25, -0.2) is 9.78 Å². The molecule has 0 saturated carbocycles. The molecule has 0 aromatic carbocycles. The summed E-state index contributed by atoms with van der Waals surface area (Å²) >= 11 is 0. The number of rotatable bonds is 4. The van der Waals surface area contributed by atoms with Gasteiger partial charge in [0.05, 0.1) is 5.56 Å². The van der Waals surface area contributed by atoms with Crippen LogP contribution in [0.25, 0.3) is 0 Å². The largest absolute Gasteiger partial charge is 0.478 e. The Kier molecular flexibility index (Phi) is 3.66. The Morgan fingerprint density at radius 2 is 2.27 bits per heavy atom. The Hall–Kier alpha value is -1.58. The Labute approximate surface area is 89.6 Å². The van der Waals surface area contributed by atoms with Gasteiger partial charge in [0.25, 0.3) is 0 Å². The Balaban J connectivity index is 2.85. The summed E-state index contributed by atoms with van der Waals surface area (Å²) < 4.78 is 0. The second kappa shape index (κ2) is 4.77. The van der Waals surface area contributed by atoms with Crippen molar-refractivity contribution < 1.29 is 9.90 Å². The number of aromatic carboxylic acids is 1. The molecule has 0 aliphatic rings. The van der Waals surface area contributed by atoms with Crippen molar-refractivity contribution in [2.45, 2.75) is 13.8 Å². The fraction of sp³-hybridized carbons (Fsp3) is 0.455. The monoisotopic (exact) mass is 208 g/mol. The lowest BCUT2D eigenvalue weighted by Gasteiger charge is -2.20. The fourth-order valence-electron chi connectivity index (χ4n) is 1.40. The van der Waals surface area contributed by atoms with Crippen molar-refractivity contribution in [1.82, 2.24) is 4.98 Å². The van der Waals surface area contributed by atoms with Gasteiger partial charge in [0.15, 0.2) is 0 Å². The first-order valence-corrected chi connectivity index (χ1v) is 4.91. The average molecular weight is 208 g/mol. The summed E-state index contributed by atoms with van der Waals surface area (Å²) in [5, 5.41) is 8.83. The number of nitrogens with zero attached hydrogens (tertiary/aromatic N) is 2. The van der Waals surface area contributed by atoms with E-state index in [4.69, 9.17) is 5.11 Å². The Morgan fingerprint density at radius 3 is 2.80 bits per heavy atom. The second-order valence-electron chi connectivity index (χ2n) is 3.98. The number of aromatic nitrogens is 1. The number of anilines is 1. The van der Waals surface area contributed by atoms with Crippen LogP contribution < -0.4 is 4.90 Å². The highest BCUT2D eigenvalue weighted by Gasteiger charge is 2.08. The predicted molar refractivity (Wildman–Crippen MR) is 59.3 cm³/mol. The smallest absolute Gasteiger partial charge is 0.335 e. The fourth-order valence-corrected chi connectivity index (χ4v) is 1.40. The molecule has 0 bridgehead atoms. The van der Waals surface area contributed by atoms with Crippen molar-refractivity contribution in [2.24, 2.45) is 5.92 Å². The molecular formula is C11H16N2O2. The van der Waals surface area contributed by atoms with E-state index >= 15 is 0 Å². The molecule has 0 aliphatic carbocycles. The molecule has 4 nitrogen and oxygen atoms in total. The topological polar surface area (TPSA) is 53.4 Å². The maximum atomic E-state index is 10.8. The van der Waals surface area contributed by atoms with Crippen LogP contribution >= 0.6 is 0 Å². The lowest BCUT2D eigenvalue weighted by molar-refractivity contribution is 0.0697. The van der Waals surface area contributed by atoms with Crippen LogP contribution in [0.2, 0.25) is 0 Å². The summed E-state index contributed by atoms with van der Waals surface area (Å²) in [6.45, 7) is 5.07. The van der Waals surface area contributed by atoms with E-state index in [1.165, 1.54) is 12.3 Å². The molecule has 15 heavy (non-hydrogen) atoms. The van der Waals surface area contributed by atoms with E-state index in [1.807, 2.05) is 11.9 Å². The van der Waals surface area contributed by atoms with E-state index in [1.54, 1.807) is 6.07 Å². The zero-order valence-corrected chi connectivity index (χ0v) is 9.27. The van der Waals surface area contributed by atoms with Crippen molar-refractivity contribution in [3.63, 3.8) is 0 Å². The van der Waals surface area contributed by atoms with Crippen molar-refractivity contribution in [1.29, 1.82) is 0 Å². The first-order chi connectivity index (χ1) is 7.00. The van der Waals surface area contributed by atoms with Crippen molar-refractivity contribution in [3.8, 4) is 0 Å². The lowest BCUT2D eigenvalue weighted by atomic mass is 10.2. The molecule has 1 aromatic rings. The molecule has 0 atom stereocenters. The number of carboxylic acids is 1. The van der Waals surface area contributed by atoms with E-state index in [2.05, 4.69) is 18.8 Å². The minimum atomic E-state index is -0.920. The molecule has 0 unspecified atom stereocenters. The normalized spacial score (nSPS) is 10.4. The van der Waals surface area contributed by atoms with Crippen LogP contribution in [-0.2, 0) is 0 Å². The van der Waals surface area contributed by atoms with Gasteiger partial charge in [-0.1, -0.05) is 13.8 Å². The van der Waals surface area contributed by atoms with Crippen LogP contribution in [0.4, 0.5) is 5.82 Å². The summed E-state index contributed by atoms with van der Waals surface area (Å²) in [6, 6.07) is 3.08. The first-order valence-electron chi connectivity index (χ1n) is 4.91. The SMILES string of the molecule is CC(C)CN(C)c1cc(C(=O)O)ccn1. The molecule has 82 valence electrons. The molecule has 0 saturated heterocycles. The van der Waals surface area contributed by atoms with Gasteiger partial charge >= 0.3 is 5.97 Å². The molecule has 0 radical (unpaired) electrons. The standard InChI is InChI=1S/C11H16N2O2/c1-8(2)7-13(3)10-6-9(11(14)15)4-5-12-10/h4-6,8H,7H2,1-3H3,(H,14,15). The Bertz CT molecular complexity index is 350. The molecule has 1 rings (SSSR count). The third kappa shape index (κ3) is 3.23. The highest BCUT2D eigenvalue weighted by Crippen LogP contribution is 2.12. The van der Waals surface area contributed by atoms with E-state index in [-0.39, 0.29) is 5.56 Å². The maximum absolute atomic E-state index is 10.8. The number of pyridine rings is 1. The van der Waals surface area contributed by atoms with Gasteiger partial charge in [0, 0.05) is 19.8 Å². The summed E-state index contributed by atoms with van der Waals surface area (Å²) in [6.07, 6.45) is 1.52. The van der Waals surface area contributed by atoms with Crippen LogP contribution in [0.3, 0.4) is 0 Å². The number of hydrogen-bond acceptors (Lipinski definition) is 3. The number of carboxylic acid groups (broad SMARTS) is 1. The van der Waals surface area contributed by atoms with Crippen molar-refractivity contribution in [2.75, 3.05) is 18.5 Å². The first kappa shape index (κ1) is 11.5. The molecule has 1 heterocycles. The van der Waals surface area contributed by atoms with E-state index < -0.39 is 5.97 Å². The molecule has 4 heteroatoms. The number of carbonyl (C=O) groups is 1. The quantitative estimate of drug-likeness (QED) is 0.820. The summed E-state index contributed by atoms with van der Waals surface area (Å²) in [4.78, 5) is 16.8. The highest BCUT2D eigenvalue weighted by atomic mass is 16.4. The van der Waals surface area contributed by atoms with Crippen LogP contribution in [0.5, 0.6) is 0 Å². The van der Waals surface area contributed by atoms with Gasteiger partial charge in [-0.3, -0.25) is 0 Å². The zero-order valence-electron chi connectivity index (χ0n) is 9.27. The third-order valence-electron chi connectivity index (χ3n) is 2.02. The van der Waals surface area contributed by atoms with Crippen molar-refractivity contribution >= 4 is 11.8 Å². The molecule has 1 aromatic heterocycles. The maximum Gasteiger partial charge on any atom is 0.335 e. The Morgan fingerprint density at radius 1 is 1.60 bits per heavy atom. The zero-order chi connectivity index (χ0) is 11.4. The molecule has 0 aliphatic heterocycles. The van der Waals surface area contributed by atoms with Crippen molar-refractivity contribution in [3.05, 3.63) is 23.9 Å². The molecule has 0 fully saturated rings.